The van der Waals surface area contributed by atoms with E-state index in [1.807, 2.05) is 6.92 Å². The van der Waals surface area contributed by atoms with E-state index >= 15 is 4.39 Å². The number of nitrogens with one attached hydrogen (secondary N) is 3. The largest absolute Gasteiger partial charge is 0.490 e. The lowest BCUT2D eigenvalue weighted by atomic mass is 9.86. The topological polar surface area (TPSA) is 94.5 Å². The molecule has 0 spiro atoms. The highest BCUT2D eigenvalue weighted by atomic mass is 19.4. The van der Waals surface area contributed by atoms with Gasteiger partial charge in [0.2, 0.25) is 0 Å². The summed E-state index contributed by atoms with van der Waals surface area (Å²) < 4.78 is 60.7. The van der Waals surface area contributed by atoms with Crippen molar-refractivity contribution in [3.05, 3.63) is 52.8 Å². The third kappa shape index (κ3) is 6.92. The minimum atomic E-state index is -4.53. The summed E-state index contributed by atoms with van der Waals surface area (Å²) >= 11 is 0. The van der Waals surface area contributed by atoms with Crippen LogP contribution in [0.1, 0.15) is 79.8 Å². The number of urea groups is 1. The zero-order valence-electron chi connectivity index (χ0n) is 22.6. The second kappa shape index (κ2) is 12.3. The molecule has 1 aliphatic carbocycles. The van der Waals surface area contributed by atoms with E-state index in [4.69, 9.17) is 10.1 Å². The summed E-state index contributed by atoms with van der Waals surface area (Å²) in [6, 6.07) is 4.51. The predicted octanol–water partition coefficient (Wildman–Crippen LogP) is 7.75. The number of hydrogen-bond acceptors (Lipinski definition) is 4. The third-order valence-electron chi connectivity index (χ3n) is 7.60. The second-order valence-electron chi connectivity index (χ2n) is 10.5. The van der Waals surface area contributed by atoms with Crippen LogP contribution >= 0.6 is 0 Å². The van der Waals surface area contributed by atoms with Gasteiger partial charge in [0, 0.05) is 24.7 Å². The molecule has 2 aromatic rings. The summed E-state index contributed by atoms with van der Waals surface area (Å²) in [5, 5.41) is 13.1. The van der Waals surface area contributed by atoms with Crippen molar-refractivity contribution in [2.75, 3.05) is 17.2 Å². The van der Waals surface area contributed by atoms with Crippen molar-refractivity contribution in [1.29, 1.82) is 5.41 Å². The van der Waals surface area contributed by atoms with Gasteiger partial charge in [-0.05, 0) is 75.3 Å². The number of aryl methyl sites for hydroxylation is 1. The number of ether oxygens (including phenoxy) is 1. The lowest BCUT2D eigenvalue weighted by Gasteiger charge is -2.29. The lowest BCUT2D eigenvalue weighted by Crippen LogP contribution is -2.42. The van der Waals surface area contributed by atoms with Crippen molar-refractivity contribution >= 4 is 29.1 Å². The van der Waals surface area contributed by atoms with Crippen LogP contribution in [0, 0.1) is 24.1 Å². The summed E-state index contributed by atoms with van der Waals surface area (Å²) in [4.78, 5) is 27.4. The van der Waals surface area contributed by atoms with Crippen molar-refractivity contribution in [3.8, 4) is 5.75 Å². The first-order chi connectivity index (χ1) is 18.9. The van der Waals surface area contributed by atoms with Gasteiger partial charge in [-0.1, -0.05) is 19.3 Å². The van der Waals surface area contributed by atoms with Crippen molar-refractivity contribution < 1.29 is 31.9 Å². The molecule has 0 aromatic heterocycles. The van der Waals surface area contributed by atoms with Crippen LogP contribution in [-0.4, -0.2) is 35.3 Å². The number of halogens is 4. The van der Waals surface area contributed by atoms with Crippen LogP contribution in [-0.2, 0) is 6.18 Å². The number of carbonyl (C=O) groups is 2. The number of hydrogen-bond donors (Lipinski definition) is 3. The smallest absolute Gasteiger partial charge is 0.416 e. The van der Waals surface area contributed by atoms with E-state index in [9.17, 15) is 22.8 Å². The first-order valence-corrected chi connectivity index (χ1v) is 13.6. The Morgan fingerprint density at radius 1 is 1.02 bits per heavy atom. The van der Waals surface area contributed by atoms with E-state index < -0.39 is 29.5 Å². The van der Waals surface area contributed by atoms with Gasteiger partial charge in [-0.3, -0.25) is 15.1 Å². The van der Waals surface area contributed by atoms with Gasteiger partial charge in [0.25, 0.3) is 5.91 Å². The van der Waals surface area contributed by atoms with E-state index in [0.717, 1.165) is 69.2 Å². The Labute approximate surface area is 230 Å². The van der Waals surface area contributed by atoms with E-state index in [-0.39, 0.29) is 46.1 Å². The number of rotatable bonds is 6. The third-order valence-corrected chi connectivity index (χ3v) is 7.60. The Bertz CT molecular complexity index is 1270. The Morgan fingerprint density at radius 2 is 1.75 bits per heavy atom. The number of carbonyl (C=O) groups excluding carboxylic acids is 2. The van der Waals surface area contributed by atoms with E-state index in [1.165, 1.54) is 17.9 Å². The van der Waals surface area contributed by atoms with Gasteiger partial charge in [0.05, 0.1) is 22.9 Å². The maximum Gasteiger partial charge on any atom is 0.416 e. The molecule has 1 saturated carbocycles. The minimum absolute atomic E-state index is 0.0468. The maximum absolute atomic E-state index is 15.3. The van der Waals surface area contributed by atoms with Crippen LogP contribution in [0.4, 0.5) is 33.7 Å². The fourth-order valence-corrected chi connectivity index (χ4v) is 5.23. The molecular weight excluding hydrogens is 528 g/mol. The van der Waals surface area contributed by atoms with Gasteiger partial charge >= 0.3 is 12.2 Å². The first kappa shape index (κ1) is 29.4. The average molecular weight is 563 g/mol. The average Bonchev–Trinajstić information content (AvgIpc) is 2.91. The van der Waals surface area contributed by atoms with Gasteiger partial charge in [-0.15, -0.1) is 0 Å². The Hall–Kier alpha value is -3.63. The van der Waals surface area contributed by atoms with Crippen LogP contribution in [0.15, 0.2) is 30.3 Å². The van der Waals surface area contributed by atoms with Crippen molar-refractivity contribution in [3.63, 3.8) is 0 Å². The molecular formula is C29H34F4N4O3. The molecule has 1 aliphatic heterocycles. The van der Waals surface area contributed by atoms with Crippen LogP contribution in [0.2, 0.25) is 0 Å². The van der Waals surface area contributed by atoms with Crippen LogP contribution in [0.3, 0.4) is 0 Å². The molecule has 2 aromatic carbocycles. The Morgan fingerprint density at radius 3 is 2.40 bits per heavy atom. The standard InChI is InChI=1S/C29H34F4N4O3/c1-17-14-20(29(31,32)33)11-12-23(17)35-27(38)21-15-22(30)24(36-28(39)37-13-7-6-10-26(37)34)16-25(21)40-18(2)19-8-4-3-5-9-19/h11-12,14-16,18-19,34H,3-10,13H2,1-2H3,(H,35,38)(H,36,39). The normalized spacial score (nSPS) is 17.4. The van der Waals surface area contributed by atoms with E-state index in [2.05, 4.69) is 10.6 Å². The van der Waals surface area contributed by atoms with Gasteiger partial charge in [-0.2, -0.15) is 13.2 Å². The van der Waals surface area contributed by atoms with E-state index in [1.54, 1.807) is 0 Å². The zero-order valence-corrected chi connectivity index (χ0v) is 22.6. The molecule has 4 rings (SSSR count). The quantitative estimate of drug-likeness (QED) is 0.314. The van der Waals surface area contributed by atoms with Gasteiger partial charge in [-0.25, -0.2) is 9.18 Å². The highest BCUT2D eigenvalue weighted by Gasteiger charge is 2.31. The molecule has 1 heterocycles. The summed E-state index contributed by atoms with van der Waals surface area (Å²) in [5.41, 5.74) is -0.860. The maximum atomic E-state index is 15.3. The first-order valence-electron chi connectivity index (χ1n) is 13.6. The number of benzene rings is 2. The zero-order chi connectivity index (χ0) is 29.0. The molecule has 0 radical (unpaired) electrons. The van der Waals surface area contributed by atoms with Crippen LogP contribution < -0.4 is 15.4 Å². The fourth-order valence-electron chi connectivity index (χ4n) is 5.23. The molecule has 216 valence electrons. The predicted molar refractivity (Wildman–Crippen MR) is 145 cm³/mol. The molecule has 2 fully saturated rings. The monoisotopic (exact) mass is 562 g/mol. The van der Waals surface area contributed by atoms with Crippen LogP contribution in [0.5, 0.6) is 5.75 Å². The molecule has 1 saturated heterocycles. The number of alkyl halides is 3. The van der Waals surface area contributed by atoms with Crippen molar-refractivity contribution in [2.24, 2.45) is 5.92 Å². The van der Waals surface area contributed by atoms with Crippen molar-refractivity contribution in [2.45, 2.75) is 77.5 Å². The van der Waals surface area contributed by atoms with Crippen molar-refractivity contribution in [1.82, 2.24) is 4.90 Å². The number of nitrogens with zero attached hydrogens (tertiary/aromatic N) is 1. The number of likely N-dealkylation sites (tertiary alicyclic amines) is 1. The Kier molecular flexibility index (Phi) is 9.00. The summed E-state index contributed by atoms with van der Waals surface area (Å²) in [6.45, 7) is 3.67. The molecule has 40 heavy (non-hydrogen) atoms. The number of amidine groups is 1. The van der Waals surface area contributed by atoms with E-state index in [0.29, 0.717) is 13.0 Å². The molecule has 1 atom stereocenters. The minimum Gasteiger partial charge on any atom is -0.490 e. The molecule has 1 unspecified atom stereocenters. The molecule has 11 heteroatoms. The van der Waals surface area contributed by atoms with Crippen LogP contribution in [0.25, 0.3) is 0 Å². The molecule has 3 amide bonds. The number of piperidine rings is 1. The summed E-state index contributed by atoms with van der Waals surface area (Å²) in [6.07, 6.45) is 2.32. The fraction of sp³-hybridized carbons (Fsp3) is 0.483. The summed E-state index contributed by atoms with van der Waals surface area (Å²) in [7, 11) is 0. The molecule has 3 N–H and O–H groups in total. The SMILES string of the molecule is Cc1cc(C(F)(F)F)ccc1NC(=O)c1cc(F)c(NC(=O)N2CCCCC2=N)cc1OC(C)C1CCCCC1. The molecule has 2 aliphatic rings. The molecule has 7 nitrogen and oxygen atoms in total. The Balaban J connectivity index is 1.62. The highest BCUT2D eigenvalue weighted by Crippen LogP contribution is 2.35. The number of anilines is 2. The lowest BCUT2D eigenvalue weighted by molar-refractivity contribution is -0.137. The number of amides is 3. The molecule has 0 bridgehead atoms. The van der Waals surface area contributed by atoms with Gasteiger partial charge < -0.3 is 15.4 Å². The second-order valence-corrected chi connectivity index (χ2v) is 10.5. The van der Waals surface area contributed by atoms with Gasteiger partial charge in [0.15, 0.2) is 0 Å². The van der Waals surface area contributed by atoms with Gasteiger partial charge in [0.1, 0.15) is 17.4 Å². The highest BCUT2D eigenvalue weighted by molar-refractivity contribution is 6.07. The summed E-state index contributed by atoms with van der Waals surface area (Å²) in [5.74, 6) is -1.22.